The Morgan fingerprint density at radius 2 is 0.569 bits per heavy atom. The molecule has 0 spiro atoms. The lowest BCUT2D eigenvalue weighted by Crippen LogP contribution is -2.30. The summed E-state index contributed by atoms with van der Waals surface area (Å²) in [5.74, 6) is -0.900. The number of carbonyl (C=O) groups is 3. The molecule has 0 amide bonds. The quantitative estimate of drug-likeness (QED) is 0.0261. The maximum Gasteiger partial charge on any atom is 0.306 e. The third kappa shape index (κ3) is 57.5. The first kappa shape index (κ1) is 68.6. The number of allylic oxidation sites excluding steroid dienone is 14. The molecule has 0 aliphatic rings. The smallest absolute Gasteiger partial charge is 0.306 e. The van der Waals surface area contributed by atoms with Crippen LogP contribution in [0.2, 0.25) is 0 Å². The molecule has 414 valence electrons. The van der Waals surface area contributed by atoms with Gasteiger partial charge in [-0.25, -0.2) is 0 Å². The van der Waals surface area contributed by atoms with Crippen LogP contribution < -0.4 is 0 Å². The molecule has 0 N–H and O–H groups in total. The summed E-state index contributed by atoms with van der Waals surface area (Å²) in [6.45, 7) is 6.46. The zero-order valence-corrected chi connectivity index (χ0v) is 47.4. The van der Waals surface area contributed by atoms with Crippen molar-refractivity contribution in [1.29, 1.82) is 0 Å². The van der Waals surface area contributed by atoms with Crippen LogP contribution in [-0.2, 0) is 28.6 Å². The fraction of sp³-hybridized carbons (Fsp3) is 0.742. The van der Waals surface area contributed by atoms with Crippen LogP contribution in [-0.4, -0.2) is 37.2 Å². The van der Waals surface area contributed by atoms with Crippen LogP contribution in [0.15, 0.2) is 85.1 Å². The average molecular weight is 1000 g/mol. The lowest BCUT2D eigenvalue weighted by molar-refractivity contribution is -0.167. The van der Waals surface area contributed by atoms with E-state index in [9.17, 15) is 14.4 Å². The highest BCUT2D eigenvalue weighted by molar-refractivity contribution is 5.71. The van der Waals surface area contributed by atoms with E-state index in [1.807, 2.05) is 0 Å². The standard InChI is InChI=1S/C66H114O6/c1-4-7-10-13-16-19-22-24-26-28-29-30-31-32-33-34-35-36-37-39-40-42-44-47-50-53-56-59-65(68)71-62-63(61-70-64(67)58-55-52-49-46-21-18-15-12-9-6-3)72-66(69)60-57-54-51-48-45-43-41-38-27-25-23-20-17-14-11-8-5-2/h8,11-12,15,17,20,22,24-25,27-29,31-32,63H,4-7,9-10,13-14,16,18-19,21,23,26,30,33-62H2,1-3H3/b11-8-,15-12-,20-17-,24-22-,27-25-,29-28-,32-31-. The van der Waals surface area contributed by atoms with Gasteiger partial charge < -0.3 is 14.2 Å². The van der Waals surface area contributed by atoms with Gasteiger partial charge in [0.25, 0.3) is 0 Å². The zero-order valence-electron chi connectivity index (χ0n) is 47.4. The minimum absolute atomic E-state index is 0.0836. The van der Waals surface area contributed by atoms with Gasteiger partial charge in [0.05, 0.1) is 0 Å². The summed E-state index contributed by atoms with van der Waals surface area (Å²) in [5.41, 5.74) is 0. The Labute approximate surface area is 445 Å². The molecule has 6 heteroatoms. The lowest BCUT2D eigenvalue weighted by Gasteiger charge is -2.18. The molecule has 0 radical (unpaired) electrons. The number of ether oxygens (including phenoxy) is 3. The first-order valence-corrected chi connectivity index (χ1v) is 30.6. The van der Waals surface area contributed by atoms with Crippen LogP contribution in [0.1, 0.15) is 297 Å². The van der Waals surface area contributed by atoms with E-state index >= 15 is 0 Å². The fourth-order valence-corrected chi connectivity index (χ4v) is 8.53. The summed E-state index contributed by atoms with van der Waals surface area (Å²) in [4.78, 5) is 38.1. The van der Waals surface area contributed by atoms with Gasteiger partial charge in [-0.05, 0) is 109 Å². The van der Waals surface area contributed by atoms with Crippen molar-refractivity contribution in [2.24, 2.45) is 0 Å². The third-order valence-electron chi connectivity index (χ3n) is 13.1. The lowest BCUT2D eigenvalue weighted by atomic mass is 10.0. The Bertz CT molecular complexity index is 1380. The Hall–Kier alpha value is -3.41. The number of hydrogen-bond donors (Lipinski definition) is 0. The Balaban J connectivity index is 4.23. The maximum absolute atomic E-state index is 12.9. The van der Waals surface area contributed by atoms with E-state index in [1.54, 1.807) is 0 Å². The largest absolute Gasteiger partial charge is 0.462 e. The number of esters is 3. The molecule has 0 aromatic carbocycles. The van der Waals surface area contributed by atoms with Crippen LogP contribution in [0.25, 0.3) is 0 Å². The van der Waals surface area contributed by atoms with Crippen molar-refractivity contribution in [3.63, 3.8) is 0 Å². The SMILES string of the molecule is CC/C=C\C/C=C\C/C=C\CCCCCCCCCC(=O)OC(COC(=O)CCCCCCC/C=C\CCC)COC(=O)CCCCCCCCCCCCCC/C=C\C/C=C\C/C=C\CCCCCCC. The normalized spacial score (nSPS) is 12.7. The van der Waals surface area contributed by atoms with E-state index in [-0.39, 0.29) is 31.1 Å². The van der Waals surface area contributed by atoms with Crippen LogP contribution in [0.4, 0.5) is 0 Å². The van der Waals surface area contributed by atoms with Crippen molar-refractivity contribution >= 4 is 17.9 Å². The van der Waals surface area contributed by atoms with Gasteiger partial charge in [0, 0.05) is 19.3 Å². The molecule has 0 heterocycles. The van der Waals surface area contributed by atoms with Crippen molar-refractivity contribution in [2.75, 3.05) is 13.2 Å². The van der Waals surface area contributed by atoms with Crippen molar-refractivity contribution in [2.45, 2.75) is 303 Å². The molecule has 0 aromatic heterocycles. The highest BCUT2D eigenvalue weighted by atomic mass is 16.6. The van der Waals surface area contributed by atoms with Crippen LogP contribution in [0, 0.1) is 0 Å². The first-order valence-electron chi connectivity index (χ1n) is 30.6. The van der Waals surface area contributed by atoms with E-state index in [1.165, 1.54) is 148 Å². The van der Waals surface area contributed by atoms with Crippen molar-refractivity contribution in [1.82, 2.24) is 0 Å². The van der Waals surface area contributed by atoms with Gasteiger partial charge >= 0.3 is 17.9 Å². The number of carbonyl (C=O) groups excluding carboxylic acids is 3. The second kappa shape index (κ2) is 60.1. The second-order valence-electron chi connectivity index (χ2n) is 20.2. The summed E-state index contributed by atoms with van der Waals surface area (Å²) in [7, 11) is 0. The number of rotatable bonds is 55. The number of unbranched alkanes of at least 4 members (excludes halogenated alkanes) is 30. The Morgan fingerprint density at radius 1 is 0.292 bits per heavy atom. The molecular formula is C66H114O6. The summed E-state index contributed by atoms with van der Waals surface area (Å²) in [5, 5.41) is 0. The number of hydrogen-bond acceptors (Lipinski definition) is 6. The monoisotopic (exact) mass is 1000 g/mol. The second-order valence-corrected chi connectivity index (χ2v) is 20.2. The first-order chi connectivity index (χ1) is 35.5. The van der Waals surface area contributed by atoms with E-state index in [0.29, 0.717) is 19.3 Å². The predicted octanol–water partition coefficient (Wildman–Crippen LogP) is 20.7. The molecule has 0 bridgehead atoms. The molecule has 0 aliphatic carbocycles. The van der Waals surface area contributed by atoms with Gasteiger partial charge in [-0.3, -0.25) is 14.4 Å². The molecule has 1 atom stereocenters. The molecule has 0 rings (SSSR count). The predicted molar refractivity (Wildman–Crippen MR) is 311 cm³/mol. The van der Waals surface area contributed by atoms with E-state index < -0.39 is 6.10 Å². The van der Waals surface area contributed by atoms with Crippen molar-refractivity contribution in [3.8, 4) is 0 Å². The van der Waals surface area contributed by atoms with Gasteiger partial charge in [0.15, 0.2) is 6.10 Å². The highest BCUT2D eigenvalue weighted by Crippen LogP contribution is 2.16. The van der Waals surface area contributed by atoms with E-state index in [4.69, 9.17) is 14.2 Å². The van der Waals surface area contributed by atoms with Crippen LogP contribution in [0.3, 0.4) is 0 Å². The van der Waals surface area contributed by atoms with Gasteiger partial charge in [-0.1, -0.05) is 254 Å². The Kier molecular flexibility index (Phi) is 57.3. The molecule has 72 heavy (non-hydrogen) atoms. The van der Waals surface area contributed by atoms with Crippen LogP contribution in [0.5, 0.6) is 0 Å². The molecule has 0 aromatic rings. The van der Waals surface area contributed by atoms with Gasteiger partial charge in [0.2, 0.25) is 0 Å². The molecule has 0 aliphatic heterocycles. The van der Waals surface area contributed by atoms with E-state index in [0.717, 1.165) is 109 Å². The van der Waals surface area contributed by atoms with Crippen LogP contribution >= 0.6 is 0 Å². The topological polar surface area (TPSA) is 78.9 Å². The van der Waals surface area contributed by atoms with Gasteiger partial charge in [-0.2, -0.15) is 0 Å². The molecule has 0 saturated heterocycles. The zero-order chi connectivity index (χ0) is 52.2. The van der Waals surface area contributed by atoms with Gasteiger partial charge in [0.1, 0.15) is 13.2 Å². The van der Waals surface area contributed by atoms with Gasteiger partial charge in [-0.15, -0.1) is 0 Å². The summed E-state index contributed by atoms with van der Waals surface area (Å²) in [6.07, 6.45) is 78.8. The Morgan fingerprint density at radius 3 is 0.917 bits per heavy atom. The molecule has 0 fully saturated rings. The molecule has 1 unspecified atom stereocenters. The summed E-state index contributed by atoms with van der Waals surface area (Å²) in [6, 6.07) is 0. The minimum Gasteiger partial charge on any atom is -0.462 e. The third-order valence-corrected chi connectivity index (χ3v) is 13.1. The van der Waals surface area contributed by atoms with Crippen molar-refractivity contribution < 1.29 is 28.6 Å². The molecule has 6 nitrogen and oxygen atoms in total. The van der Waals surface area contributed by atoms with E-state index in [2.05, 4.69) is 106 Å². The highest BCUT2D eigenvalue weighted by Gasteiger charge is 2.19. The fourth-order valence-electron chi connectivity index (χ4n) is 8.53. The maximum atomic E-state index is 12.9. The molecular weight excluding hydrogens is 889 g/mol. The molecule has 0 saturated carbocycles. The summed E-state index contributed by atoms with van der Waals surface area (Å²) < 4.78 is 16.8. The minimum atomic E-state index is -0.786. The summed E-state index contributed by atoms with van der Waals surface area (Å²) >= 11 is 0. The van der Waals surface area contributed by atoms with Crippen molar-refractivity contribution in [3.05, 3.63) is 85.1 Å². The average Bonchev–Trinajstić information content (AvgIpc) is 3.38.